The maximum Gasteiger partial charge on any atom is 0.224 e. The minimum absolute atomic E-state index is 0.00597. The Morgan fingerprint density at radius 2 is 2.53 bits per heavy atom. The summed E-state index contributed by atoms with van der Waals surface area (Å²) in [5.41, 5.74) is 0.560. The van der Waals surface area contributed by atoms with Crippen LogP contribution in [0.3, 0.4) is 0 Å². The molecule has 0 aliphatic carbocycles. The molecule has 0 spiro atoms. The number of pyridine rings is 1. The summed E-state index contributed by atoms with van der Waals surface area (Å²) in [7, 11) is 1.65. The Balaban J connectivity index is 2.16. The van der Waals surface area contributed by atoms with Gasteiger partial charge in [0, 0.05) is 26.3 Å². The van der Waals surface area contributed by atoms with Gasteiger partial charge >= 0.3 is 0 Å². The van der Waals surface area contributed by atoms with Crippen LogP contribution in [0.5, 0.6) is 0 Å². The van der Waals surface area contributed by atoms with Gasteiger partial charge in [-0.15, -0.1) is 0 Å². The summed E-state index contributed by atoms with van der Waals surface area (Å²) in [6.45, 7) is 1.40. The number of aromatic nitrogens is 1. The second kappa shape index (κ2) is 4.83. The summed E-state index contributed by atoms with van der Waals surface area (Å²) in [6.07, 6.45) is 2.48. The van der Waals surface area contributed by atoms with Gasteiger partial charge < -0.3 is 10.2 Å². The molecule has 2 heterocycles. The van der Waals surface area contributed by atoms with E-state index >= 15 is 0 Å². The quantitative estimate of drug-likeness (QED) is 0.804. The van der Waals surface area contributed by atoms with Gasteiger partial charge in [-0.05, 0) is 18.6 Å². The Bertz CT molecular complexity index is 466. The number of hydrogen-bond acceptors (Lipinski definition) is 4. The molecular formula is C12H14N4O. The summed E-state index contributed by atoms with van der Waals surface area (Å²) >= 11 is 0. The average Bonchev–Trinajstić information content (AvgIpc) is 2.87. The summed E-state index contributed by atoms with van der Waals surface area (Å²) in [5.74, 6) is 0.733. The molecule has 1 amide bonds. The number of rotatable bonds is 2. The first-order valence-electron chi connectivity index (χ1n) is 5.58. The summed E-state index contributed by atoms with van der Waals surface area (Å²) < 4.78 is 0. The van der Waals surface area contributed by atoms with Crippen LogP contribution in [0, 0.1) is 17.2 Å². The Kier molecular flexibility index (Phi) is 3.24. The Morgan fingerprint density at radius 1 is 1.71 bits per heavy atom. The lowest BCUT2D eigenvalue weighted by Gasteiger charge is -2.17. The predicted molar refractivity (Wildman–Crippen MR) is 63.3 cm³/mol. The zero-order valence-electron chi connectivity index (χ0n) is 9.68. The molecule has 1 fully saturated rings. The number of nitriles is 1. The second-order valence-corrected chi connectivity index (χ2v) is 4.03. The van der Waals surface area contributed by atoms with Gasteiger partial charge in [-0.25, -0.2) is 4.98 Å². The maximum absolute atomic E-state index is 11.5. The predicted octanol–water partition coefficient (Wildman–Crippen LogP) is 0.526. The fourth-order valence-corrected chi connectivity index (χ4v) is 2.11. The van der Waals surface area contributed by atoms with Gasteiger partial charge in [-0.1, -0.05) is 0 Å². The van der Waals surface area contributed by atoms with E-state index in [2.05, 4.69) is 16.4 Å². The number of nitrogens with zero attached hydrogens (tertiary/aromatic N) is 3. The van der Waals surface area contributed by atoms with Crippen LogP contribution in [0.1, 0.15) is 12.0 Å². The van der Waals surface area contributed by atoms with Gasteiger partial charge in [0.2, 0.25) is 5.91 Å². The van der Waals surface area contributed by atoms with Crippen LogP contribution in [0.15, 0.2) is 18.3 Å². The van der Waals surface area contributed by atoms with Crippen molar-refractivity contribution in [1.82, 2.24) is 10.3 Å². The van der Waals surface area contributed by atoms with Crippen LogP contribution in [0.2, 0.25) is 0 Å². The summed E-state index contributed by atoms with van der Waals surface area (Å²) in [4.78, 5) is 17.7. The van der Waals surface area contributed by atoms with Crippen LogP contribution in [0.4, 0.5) is 5.82 Å². The highest BCUT2D eigenvalue weighted by Crippen LogP contribution is 2.24. The number of carbonyl (C=O) groups is 1. The first-order chi connectivity index (χ1) is 8.26. The standard InChI is InChI=1S/C12H14N4O/c1-14-12(17)10-4-6-16(8-10)11-9(7-13)3-2-5-15-11/h2-3,5,10H,4,6,8H2,1H3,(H,14,17). The highest BCUT2D eigenvalue weighted by atomic mass is 16.1. The zero-order valence-corrected chi connectivity index (χ0v) is 9.68. The van der Waals surface area contributed by atoms with E-state index in [0.29, 0.717) is 17.9 Å². The Labute approximate surface area is 100 Å². The fourth-order valence-electron chi connectivity index (χ4n) is 2.11. The third-order valence-corrected chi connectivity index (χ3v) is 3.01. The number of hydrogen-bond donors (Lipinski definition) is 1. The number of amides is 1. The van der Waals surface area contributed by atoms with Crippen LogP contribution in [-0.4, -0.2) is 31.0 Å². The van der Waals surface area contributed by atoms with E-state index in [1.807, 2.05) is 4.90 Å². The van der Waals surface area contributed by atoms with E-state index in [9.17, 15) is 4.79 Å². The molecule has 0 aromatic carbocycles. The molecule has 1 aromatic heterocycles. The Hall–Kier alpha value is -2.09. The number of anilines is 1. The minimum Gasteiger partial charge on any atom is -0.359 e. The van der Waals surface area contributed by atoms with Gasteiger partial charge in [0.1, 0.15) is 11.9 Å². The van der Waals surface area contributed by atoms with Crippen LogP contribution < -0.4 is 10.2 Å². The molecule has 88 valence electrons. The van der Waals surface area contributed by atoms with Gasteiger partial charge in [0.25, 0.3) is 0 Å². The van der Waals surface area contributed by atoms with Crippen molar-refractivity contribution in [2.75, 3.05) is 25.0 Å². The minimum atomic E-state index is -0.00597. The van der Waals surface area contributed by atoms with Crippen molar-refractivity contribution in [3.05, 3.63) is 23.9 Å². The lowest BCUT2D eigenvalue weighted by molar-refractivity contribution is -0.123. The average molecular weight is 230 g/mol. The van der Waals surface area contributed by atoms with Gasteiger partial charge in [-0.3, -0.25) is 4.79 Å². The third kappa shape index (κ3) is 2.21. The number of carbonyl (C=O) groups excluding carboxylic acids is 1. The van der Waals surface area contributed by atoms with Crippen molar-refractivity contribution in [3.8, 4) is 6.07 Å². The molecule has 0 saturated carbocycles. The molecule has 1 unspecified atom stereocenters. The first kappa shape index (κ1) is 11.4. The fraction of sp³-hybridized carbons (Fsp3) is 0.417. The molecule has 17 heavy (non-hydrogen) atoms. The second-order valence-electron chi connectivity index (χ2n) is 4.03. The maximum atomic E-state index is 11.5. The molecule has 1 N–H and O–H groups in total. The van der Waals surface area contributed by atoms with Crippen LogP contribution in [-0.2, 0) is 4.79 Å². The molecule has 1 aliphatic rings. The van der Waals surface area contributed by atoms with Crippen molar-refractivity contribution in [1.29, 1.82) is 5.26 Å². The lowest BCUT2D eigenvalue weighted by atomic mass is 10.1. The topological polar surface area (TPSA) is 69.0 Å². The SMILES string of the molecule is CNC(=O)C1CCN(c2ncccc2C#N)C1. The molecule has 5 nitrogen and oxygen atoms in total. The van der Waals surface area contributed by atoms with E-state index in [4.69, 9.17) is 5.26 Å². The highest BCUT2D eigenvalue weighted by Gasteiger charge is 2.29. The van der Waals surface area contributed by atoms with Crippen molar-refractivity contribution in [3.63, 3.8) is 0 Å². The van der Waals surface area contributed by atoms with E-state index in [-0.39, 0.29) is 11.8 Å². The first-order valence-corrected chi connectivity index (χ1v) is 5.58. The molecule has 1 aliphatic heterocycles. The van der Waals surface area contributed by atoms with Gasteiger partial charge in [0.15, 0.2) is 0 Å². The largest absolute Gasteiger partial charge is 0.359 e. The van der Waals surface area contributed by atoms with Crippen molar-refractivity contribution in [2.24, 2.45) is 5.92 Å². The van der Waals surface area contributed by atoms with Crippen molar-refractivity contribution < 1.29 is 4.79 Å². The summed E-state index contributed by atoms with van der Waals surface area (Å²) in [6, 6.07) is 5.62. The smallest absolute Gasteiger partial charge is 0.224 e. The molecular weight excluding hydrogens is 216 g/mol. The molecule has 2 rings (SSSR count). The lowest BCUT2D eigenvalue weighted by Crippen LogP contribution is -2.30. The number of nitrogens with one attached hydrogen (secondary N) is 1. The molecule has 5 heteroatoms. The summed E-state index contributed by atoms with van der Waals surface area (Å²) in [5, 5.41) is 11.7. The van der Waals surface area contributed by atoms with Crippen molar-refractivity contribution in [2.45, 2.75) is 6.42 Å². The van der Waals surface area contributed by atoms with E-state index < -0.39 is 0 Å². The van der Waals surface area contributed by atoms with Gasteiger partial charge in [-0.2, -0.15) is 5.26 Å². The monoisotopic (exact) mass is 230 g/mol. The molecule has 1 aromatic rings. The highest BCUT2D eigenvalue weighted by molar-refractivity contribution is 5.79. The van der Waals surface area contributed by atoms with Crippen molar-refractivity contribution >= 4 is 11.7 Å². The third-order valence-electron chi connectivity index (χ3n) is 3.01. The van der Waals surface area contributed by atoms with Crippen LogP contribution >= 0.6 is 0 Å². The molecule has 1 saturated heterocycles. The van der Waals surface area contributed by atoms with Gasteiger partial charge in [0.05, 0.1) is 11.5 Å². The zero-order chi connectivity index (χ0) is 12.3. The van der Waals surface area contributed by atoms with E-state index in [1.165, 1.54) is 0 Å². The Morgan fingerprint density at radius 3 is 3.24 bits per heavy atom. The van der Waals surface area contributed by atoms with E-state index in [0.717, 1.165) is 13.0 Å². The van der Waals surface area contributed by atoms with E-state index in [1.54, 1.807) is 25.4 Å². The normalized spacial score (nSPS) is 18.8. The molecule has 0 bridgehead atoms. The molecule has 0 radical (unpaired) electrons. The molecule has 1 atom stereocenters. The van der Waals surface area contributed by atoms with Crippen LogP contribution in [0.25, 0.3) is 0 Å².